The summed E-state index contributed by atoms with van der Waals surface area (Å²) in [4.78, 5) is 3.78. The van der Waals surface area contributed by atoms with Crippen LogP contribution < -0.4 is 0 Å². The highest BCUT2D eigenvalue weighted by molar-refractivity contribution is 5.23. The van der Waals surface area contributed by atoms with Crippen LogP contribution in [0.2, 0.25) is 0 Å². The van der Waals surface area contributed by atoms with Crippen LogP contribution in [0.1, 0.15) is 18.2 Å². The van der Waals surface area contributed by atoms with Crippen LogP contribution in [0.15, 0.2) is 36.5 Å². The van der Waals surface area contributed by atoms with Gasteiger partial charge in [0, 0.05) is 12.5 Å². The lowest BCUT2D eigenvalue weighted by atomic mass is 9.92. The molecule has 0 fully saturated rings. The van der Waals surface area contributed by atoms with Crippen molar-refractivity contribution in [2.45, 2.75) is 18.9 Å². The third kappa shape index (κ3) is 3.32. The van der Waals surface area contributed by atoms with Gasteiger partial charge in [-0.05, 0) is 36.8 Å². The van der Waals surface area contributed by atoms with Crippen molar-refractivity contribution in [2.75, 3.05) is 0 Å². The summed E-state index contributed by atoms with van der Waals surface area (Å²) in [7, 11) is 0. The van der Waals surface area contributed by atoms with Gasteiger partial charge in [0.2, 0.25) is 0 Å². The molecule has 2 rings (SSSR count). The fraction of sp³-hybridized carbons (Fsp3) is 0.214. The molecule has 0 bridgehead atoms. The number of hydrogen-bond donors (Lipinski definition) is 1. The molecule has 19 heavy (non-hydrogen) atoms. The van der Waals surface area contributed by atoms with Gasteiger partial charge in [-0.3, -0.25) is 4.98 Å². The predicted molar refractivity (Wildman–Crippen MR) is 63.8 cm³/mol. The van der Waals surface area contributed by atoms with Crippen LogP contribution >= 0.6 is 0 Å². The summed E-state index contributed by atoms with van der Waals surface area (Å²) in [5, 5.41) is 10.3. The SMILES string of the molecule is CC(O)(Cc1cc(F)cc(F)c1)c1ccc(F)cn1. The molecular formula is C14H12F3NO. The zero-order valence-corrected chi connectivity index (χ0v) is 10.2. The minimum atomic E-state index is -1.44. The Bertz CT molecular complexity index is 561. The van der Waals surface area contributed by atoms with Crippen molar-refractivity contribution < 1.29 is 18.3 Å². The third-order valence-electron chi connectivity index (χ3n) is 2.75. The smallest absolute Gasteiger partial charge is 0.141 e. The molecule has 0 aliphatic heterocycles. The van der Waals surface area contributed by atoms with Crippen molar-refractivity contribution in [2.24, 2.45) is 0 Å². The lowest BCUT2D eigenvalue weighted by Gasteiger charge is -2.22. The van der Waals surface area contributed by atoms with Crippen molar-refractivity contribution >= 4 is 0 Å². The Labute approximate surface area is 108 Å². The van der Waals surface area contributed by atoms with Crippen LogP contribution in [-0.4, -0.2) is 10.1 Å². The summed E-state index contributed by atoms with van der Waals surface area (Å²) in [5.74, 6) is -1.94. The molecule has 2 aromatic rings. The second-order valence-corrected chi connectivity index (χ2v) is 4.59. The number of hydrogen-bond acceptors (Lipinski definition) is 2. The molecule has 0 aliphatic carbocycles. The van der Waals surface area contributed by atoms with Crippen LogP contribution in [0.4, 0.5) is 13.2 Å². The van der Waals surface area contributed by atoms with Gasteiger partial charge in [0.1, 0.15) is 23.1 Å². The van der Waals surface area contributed by atoms with E-state index in [-0.39, 0.29) is 12.1 Å². The maximum atomic E-state index is 13.1. The molecule has 5 heteroatoms. The lowest BCUT2D eigenvalue weighted by Crippen LogP contribution is -2.25. The first-order valence-electron chi connectivity index (χ1n) is 5.66. The average molecular weight is 267 g/mol. The number of aromatic nitrogens is 1. The molecule has 0 aliphatic rings. The zero-order valence-electron chi connectivity index (χ0n) is 10.2. The van der Waals surface area contributed by atoms with Crippen LogP contribution in [-0.2, 0) is 12.0 Å². The van der Waals surface area contributed by atoms with Gasteiger partial charge in [0.25, 0.3) is 0 Å². The monoisotopic (exact) mass is 267 g/mol. The Balaban J connectivity index is 2.27. The quantitative estimate of drug-likeness (QED) is 0.927. The number of nitrogens with zero attached hydrogens (tertiary/aromatic N) is 1. The number of halogens is 3. The Morgan fingerprint density at radius 2 is 1.68 bits per heavy atom. The molecular weight excluding hydrogens is 255 g/mol. The summed E-state index contributed by atoms with van der Waals surface area (Å²) in [6.45, 7) is 1.45. The normalized spacial score (nSPS) is 14.2. The van der Waals surface area contributed by atoms with Crippen LogP contribution in [0.5, 0.6) is 0 Å². The summed E-state index contributed by atoms with van der Waals surface area (Å²) in [5.41, 5.74) is -0.902. The van der Waals surface area contributed by atoms with E-state index in [1.54, 1.807) is 0 Å². The van der Waals surface area contributed by atoms with Crippen LogP contribution in [0.25, 0.3) is 0 Å². The molecule has 1 N–H and O–H groups in total. The fourth-order valence-electron chi connectivity index (χ4n) is 1.90. The van der Waals surface area contributed by atoms with E-state index >= 15 is 0 Å². The maximum Gasteiger partial charge on any atom is 0.141 e. The van der Waals surface area contributed by atoms with Gasteiger partial charge in [0.05, 0.1) is 11.9 Å². The molecule has 0 saturated heterocycles. The van der Waals surface area contributed by atoms with Crippen LogP contribution in [0, 0.1) is 17.5 Å². The van der Waals surface area contributed by atoms with Crippen molar-refractivity contribution in [1.29, 1.82) is 0 Å². The molecule has 0 amide bonds. The molecule has 1 unspecified atom stereocenters. The first-order chi connectivity index (χ1) is 8.87. The van der Waals surface area contributed by atoms with E-state index < -0.39 is 23.1 Å². The first kappa shape index (κ1) is 13.5. The summed E-state index contributed by atoms with van der Waals surface area (Å²) in [6, 6.07) is 5.55. The number of benzene rings is 1. The Morgan fingerprint density at radius 3 is 2.21 bits per heavy atom. The summed E-state index contributed by atoms with van der Waals surface area (Å²) in [6.07, 6.45) is 0.955. The average Bonchev–Trinajstić information content (AvgIpc) is 2.27. The van der Waals surface area contributed by atoms with E-state index in [9.17, 15) is 18.3 Å². The van der Waals surface area contributed by atoms with Crippen molar-refractivity contribution in [3.05, 3.63) is 65.2 Å². The summed E-state index contributed by atoms with van der Waals surface area (Å²) >= 11 is 0. The number of rotatable bonds is 3. The van der Waals surface area contributed by atoms with E-state index in [2.05, 4.69) is 4.98 Å². The largest absolute Gasteiger partial charge is 0.383 e. The standard InChI is InChI=1S/C14H12F3NO/c1-14(19,13-3-2-10(15)8-18-13)7-9-4-11(16)6-12(17)5-9/h2-6,8,19H,7H2,1H3. The highest BCUT2D eigenvalue weighted by atomic mass is 19.1. The fourth-order valence-corrected chi connectivity index (χ4v) is 1.90. The zero-order chi connectivity index (χ0) is 14.0. The van der Waals surface area contributed by atoms with Gasteiger partial charge in [0.15, 0.2) is 0 Å². The first-order valence-corrected chi connectivity index (χ1v) is 5.66. The van der Waals surface area contributed by atoms with Gasteiger partial charge < -0.3 is 5.11 Å². The van der Waals surface area contributed by atoms with Crippen molar-refractivity contribution in [3.63, 3.8) is 0 Å². The molecule has 1 atom stereocenters. The molecule has 100 valence electrons. The molecule has 1 aromatic heterocycles. The molecule has 2 nitrogen and oxygen atoms in total. The molecule has 0 spiro atoms. The summed E-state index contributed by atoms with van der Waals surface area (Å²) < 4.78 is 38.9. The minimum Gasteiger partial charge on any atom is -0.383 e. The van der Waals surface area contributed by atoms with E-state index in [4.69, 9.17) is 0 Å². The predicted octanol–water partition coefficient (Wildman–Crippen LogP) is 2.95. The topological polar surface area (TPSA) is 33.1 Å². The number of aliphatic hydroxyl groups is 1. The van der Waals surface area contributed by atoms with E-state index in [1.165, 1.54) is 19.1 Å². The van der Waals surface area contributed by atoms with Crippen LogP contribution in [0.3, 0.4) is 0 Å². The van der Waals surface area contributed by atoms with Gasteiger partial charge >= 0.3 is 0 Å². The molecule has 0 saturated carbocycles. The molecule has 1 aromatic carbocycles. The van der Waals surface area contributed by atoms with E-state index in [1.807, 2.05) is 0 Å². The van der Waals surface area contributed by atoms with Gasteiger partial charge in [-0.15, -0.1) is 0 Å². The van der Waals surface area contributed by atoms with E-state index in [0.29, 0.717) is 5.56 Å². The Hall–Kier alpha value is -1.88. The van der Waals surface area contributed by atoms with Gasteiger partial charge in [-0.2, -0.15) is 0 Å². The minimum absolute atomic E-state index is 0.0275. The number of pyridine rings is 1. The van der Waals surface area contributed by atoms with Gasteiger partial charge in [-0.25, -0.2) is 13.2 Å². The van der Waals surface area contributed by atoms with Gasteiger partial charge in [-0.1, -0.05) is 0 Å². The molecule has 1 heterocycles. The highest BCUT2D eigenvalue weighted by Crippen LogP contribution is 2.24. The highest BCUT2D eigenvalue weighted by Gasteiger charge is 2.25. The Morgan fingerprint density at radius 1 is 1.05 bits per heavy atom. The Kier molecular flexibility index (Phi) is 3.57. The van der Waals surface area contributed by atoms with Crippen molar-refractivity contribution in [3.8, 4) is 0 Å². The second kappa shape index (κ2) is 5.01. The van der Waals surface area contributed by atoms with E-state index in [0.717, 1.165) is 24.4 Å². The lowest BCUT2D eigenvalue weighted by molar-refractivity contribution is 0.0528. The maximum absolute atomic E-state index is 13.1. The van der Waals surface area contributed by atoms with Crippen molar-refractivity contribution in [1.82, 2.24) is 4.98 Å². The second-order valence-electron chi connectivity index (χ2n) is 4.59. The molecule has 0 radical (unpaired) electrons. The third-order valence-corrected chi connectivity index (χ3v) is 2.75.